The molecule has 3 nitrogen and oxygen atoms in total. The summed E-state index contributed by atoms with van der Waals surface area (Å²) in [6, 6.07) is 60.9. The monoisotopic (exact) mass is 706 g/mol. The highest BCUT2D eigenvalue weighted by Gasteiger charge is 2.44. The second-order valence-electron chi connectivity index (χ2n) is 15.2. The van der Waals surface area contributed by atoms with E-state index in [0.29, 0.717) is 5.82 Å². The first-order chi connectivity index (χ1) is 27.2. The molecule has 55 heavy (non-hydrogen) atoms. The summed E-state index contributed by atoms with van der Waals surface area (Å²) < 4.78 is 6.45. The van der Waals surface area contributed by atoms with Gasteiger partial charge in [-0.25, -0.2) is 9.97 Å². The fourth-order valence-electron chi connectivity index (χ4n) is 9.37. The highest BCUT2D eigenvalue weighted by atomic mass is 16.3. The van der Waals surface area contributed by atoms with Gasteiger partial charge in [-0.2, -0.15) is 0 Å². The van der Waals surface area contributed by atoms with Gasteiger partial charge >= 0.3 is 0 Å². The Hall–Kier alpha value is -6.58. The smallest absolute Gasteiger partial charge is 0.160 e. The van der Waals surface area contributed by atoms with Gasteiger partial charge in [-0.1, -0.05) is 153 Å². The third-order valence-corrected chi connectivity index (χ3v) is 12.1. The van der Waals surface area contributed by atoms with Crippen molar-refractivity contribution in [1.82, 2.24) is 9.97 Å². The summed E-state index contributed by atoms with van der Waals surface area (Å²) in [7, 11) is 0. The number of hydrogen-bond acceptors (Lipinski definition) is 3. The molecular formula is C52H38N2O. The molecule has 0 bridgehead atoms. The van der Waals surface area contributed by atoms with E-state index in [1.54, 1.807) is 0 Å². The van der Waals surface area contributed by atoms with Gasteiger partial charge in [0.25, 0.3) is 0 Å². The summed E-state index contributed by atoms with van der Waals surface area (Å²) in [4.78, 5) is 10.3. The molecule has 9 aromatic rings. The lowest BCUT2D eigenvalue weighted by Gasteiger charge is -2.36. The lowest BCUT2D eigenvalue weighted by Crippen LogP contribution is -2.28. The Morgan fingerprint density at radius 1 is 0.382 bits per heavy atom. The Bertz CT molecular complexity index is 2880. The summed E-state index contributed by atoms with van der Waals surface area (Å²) in [5.74, 6) is 0.713. The summed E-state index contributed by atoms with van der Waals surface area (Å²) in [6.07, 6.45) is 6.21. The first-order valence-corrected chi connectivity index (χ1v) is 19.5. The molecule has 1 saturated carbocycles. The number of aromatic nitrogens is 2. The lowest BCUT2D eigenvalue weighted by atomic mass is 9.67. The van der Waals surface area contributed by atoms with Crippen LogP contribution in [0.1, 0.15) is 43.2 Å². The first kappa shape index (κ1) is 31.9. The van der Waals surface area contributed by atoms with Crippen molar-refractivity contribution in [3.8, 4) is 67.3 Å². The molecule has 0 atom stereocenters. The predicted octanol–water partition coefficient (Wildman–Crippen LogP) is 13.9. The van der Waals surface area contributed by atoms with Gasteiger partial charge in [0.2, 0.25) is 0 Å². The fourth-order valence-corrected chi connectivity index (χ4v) is 9.37. The Kier molecular flexibility index (Phi) is 7.41. The second kappa shape index (κ2) is 12.8. The zero-order valence-electron chi connectivity index (χ0n) is 30.5. The summed E-state index contributed by atoms with van der Waals surface area (Å²) >= 11 is 0. The highest BCUT2D eigenvalue weighted by molar-refractivity contribution is 6.07. The molecule has 2 aliphatic carbocycles. The standard InChI is InChI=1S/C52H38N2O/c1-4-13-34(14-5-1)35-21-23-37(24-22-35)51-53-47(36-15-6-2-7-16-36)33-48(54-51)40-18-12-17-38(29-40)39-25-26-45-42(30-39)43-32-50-44(41-19-8-9-20-49(41)55-50)31-46(43)52(45)27-10-3-11-28-52/h1-2,4-9,12-26,29-33H,3,10-11,27-28H2. The average molecular weight is 707 g/mol. The topological polar surface area (TPSA) is 38.9 Å². The van der Waals surface area contributed by atoms with Crippen molar-refractivity contribution in [2.24, 2.45) is 0 Å². The molecule has 0 amide bonds. The van der Waals surface area contributed by atoms with Crippen LogP contribution in [-0.4, -0.2) is 9.97 Å². The summed E-state index contributed by atoms with van der Waals surface area (Å²) in [5, 5.41) is 2.43. The minimum atomic E-state index is 0.0559. The zero-order chi connectivity index (χ0) is 36.3. The van der Waals surface area contributed by atoms with Gasteiger partial charge in [0.05, 0.1) is 11.4 Å². The van der Waals surface area contributed by atoms with E-state index in [1.165, 1.54) is 87.4 Å². The summed E-state index contributed by atoms with van der Waals surface area (Å²) in [5.41, 5.74) is 17.3. The van der Waals surface area contributed by atoms with Crippen LogP contribution in [0, 0.1) is 0 Å². The van der Waals surface area contributed by atoms with E-state index >= 15 is 0 Å². The van der Waals surface area contributed by atoms with Gasteiger partial charge in [-0.05, 0) is 93.7 Å². The molecule has 3 heteroatoms. The molecule has 2 heterocycles. The molecule has 0 aliphatic heterocycles. The number of para-hydroxylation sites is 1. The van der Waals surface area contributed by atoms with Crippen LogP contribution >= 0.6 is 0 Å². The van der Waals surface area contributed by atoms with Crippen LogP contribution in [0.2, 0.25) is 0 Å². The number of benzene rings is 7. The maximum atomic E-state index is 6.45. The van der Waals surface area contributed by atoms with Crippen LogP contribution in [0.15, 0.2) is 174 Å². The minimum absolute atomic E-state index is 0.0559. The third kappa shape index (κ3) is 5.33. The molecule has 0 radical (unpaired) electrons. The van der Waals surface area contributed by atoms with Crippen molar-refractivity contribution in [2.45, 2.75) is 37.5 Å². The number of rotatable bonds is 5. The van der Waals surface area contributed by atoms with Crippen LogP contribution in [0.5, 0.6) is 0 Å². The van der Waals surface area contributed by atoms with E-state index < -0.39 is 0 Å². The fraction of sp³-hybridized carbons (Fsp3) is 0.115. The molecule has 1 spiro atoms. The maximum absolute atomic E-state index is 6.45. The first-order valence-electron chi connectivity index (χ1n) is 19.5. The van der Waals surface area contributed by atoms with E-state index in [9.17, 15) is 0 Å². The molecular weight excluding hydrogens is 669 g/mol. The largest absolute Gasteiger partial charge is 0.456 e. The normalized spacial score (nSPS) is 14.3. The Morgan fingerprint density at radius 2 is 0.982 bits per heavy atom. The van der Waals surface area contributed by atoms with Gasteiger partial charge in [0.1, 0.15) is 11.2 Å². The molecule has 262 valence electrons. The van der Waals surface area contributed by atoms with E-state index in [-0.39, 0.29) is 5.41 Å². The molecule has 7 aromatic carbocycles. The van der Waals surface area contributed by atoms with Crippen molar-refractivity contribution in [3.05, 3.63) is 181 Å². The van der Waals surface area contributed by atoms with Gasteiger partial charge in [-0.15, -0.1) is 0 Å². The number of fused-ring (bicyclic) bond motifs is 8. The Labute approximate surface area is 321 Å². The minimum Gasteiger partial charge on any atom is -0.456 e. The highest BCUT2D eigenvalue weighted by Crippen LogP contribution is 2.57. The van der Waals surface area contributed by atoms with Gasteiger partial charge < -0.3 is 4.42 Å². The van der Waals surface area contributed by atoms with Gasteiger partial charge in [0.15, 0.2) is 5.82 Å². The van der Waals surface area contributed by atoms with E-state index in [1.807, 2.05) is 12.1 Å². The SMILES string of the molecule is c1ccc(-c2ccc(-c3nc(-c4ccccc4)cc(-c4cccc(-c5ccc6c(c5)-c5cc7oc8ccccc8c7cc5C65CCCCC5)c4)n3)cc2)cc1. The van der Waals surface area contributed by atoms with Crippen LogP contribution in [-0.2, 0) is 5.41 Å². The van der Waals surface area contributed by atoms with Crippen molar-refractivity contribution >= 4 is 21.9 Å². The van der Waals surface area contributed by atoms with Crippen LogP contribution in [0.3, 0.4) is 0 Å². The van der Waals surface area contributed by atoms with Crippen molar-refractivity contribution in [2.75, 3.05) is 0 Å². The van der Waals surface area contributed by atoms with Crippen LogP contribution in [0.4, 0.5) is 0 Å². The predicted molar refractivity (Wildman–Crippen MR) is 226 cm³/mol. The van der Waals surface area contributed by atoms with Crippen LogP contribution in [0.25, 0.3) is 89.2 Å². The average Bonchev–Trinajstić information content (AvgIpc) is 3.75. The van der Waals surface area contributed by atoms with Crippen molar-refractivity contribution in [3.63, 3.8) is 0 Å². The molecule has 0 saturated heterocycles. The Balaban J connectivity index is 1.02. The van der Waals surface area contributed by atoms with Crippen LogP contribution < -0.4 is 0 Å². The maximum Gasteiger partial charge on any atom is 0.160 e. The van der Waals surface area contributed by atoms with E-state index in [4.69, 9.17) is 14.4 Å². The molecule has 0 N–H and O–H groups in total. The van der Waals surface area contributed by atoms with E-state index in [2.05, 4.69) is 158 Å². The molecule has 0 unspecified atom stereocenters. The number of hydrogen-bond donors (Lipinski definition) is 0. The van der Waals surface area contributed by atoms with Crippen molar-refractivity contribution < 1.29 is 4.42 Å². The van der Waals surface area contributed by atoms with Gasteiger partial charge in [0, 0.05) is 32.9 Å². The second-order valence-corrected chi connectivity index (χ2v) is 15.2. The van der Waals surface area contributed by atoms with Crippen molar-refractivity contribution in [1.29, 1.82) is 0 Å². The molecule has 11 rings (SSSR count). The van der Waals surface area contributed by atoms with E-state index in [0.717, 1.165) is 39.2 Å². The number of nitrogens with zero attached hydrogens (tertiary/aromatic N) is 2. The molecule has 2 aromatic heterocycles. The molecule has 2 aliphatic rings. The zero-order valence-corrected chi connectivity index (χ0v) is 30.5. The lowest BCUT2D eigenvalue weighted by molar-refractivity contribution is 0.353. The quantitative estimate of drug-likeness (QED) is 0.179. The Morgan fingerprint density at radius 3 is 1.78 bits per heavy atom. The van der Waals surface area contributed by atoms with Gasteiger partial charge in [-0.3, -0.25) is 0 Å². The number of furan rings is 1. The molecule has 1 fully saturated rings. The third-order valence-electron chi connectivity index (χ3n) is 12.1. The summed E-state index contributed by atoms with van der Waals surface area (Å²) in [6.45, 7) is 0.